The van der Waals surface area contributed by atoms with Crippen molar-refractivity contribution >= 4 is 0 Å². The van der Waals surface area contributed by atoms with Crippen LogP contribution in [0, 0.1) is 0 Å². The maximum Gasteiger partial charge on any atom is 0.0422 e. The molecule has 0 heterocycles. The van der Waals surface area contributed by atoms with E-state index in [9.17, 15) is 0 Å². The van der Waals surface area contributed by atoms with Gasteiger partial charge >= 0.3 is 0 Å². The second kappa shape index (κ2) is 5.05. The molecule has 0 atom stereocenters. The predicted molar refractivity (Wildman–Crippen MR) is 73.6 cm³/mol. The number of nitrogens with one attached hydrogen (secondary N) is 1. The highest BCUT2D eigenvalue weighted by atomic mass is 14.9. The maximum absolute atomic E-state index is 3.95. The van der Waals surface area contributed by atoms with E-state index in [1.54, 1.807) is 0 Å². The highest BCUT2D eigenvalue weighted by molar-refractivity contribution is 5.60. The molecule has 1 aliphatic rings. The van der Waals surface area contributed by atoms with Gasteiger partial charge in [0.1, 0.15) is 0 Å². The first-order valence-electron chi connectivity index (χ1n) is 6.12. The molecule has 1 N–H and O–H groups in total. The summed E-state index contributed by atoms with van der Waals surface area (Å²) in [5.41, 5.74) is 5.93. The lowest BCUT2D eigenvalue weighted by atomic mass is 9.94. The van der Waals surface area contributed by atoms with Crippen LogP contribution in [0.4, 0.5) is 0 Å². The number of allylic oxidation sites excluding steroid dienone is 2. The van der Waals surface area contributed by atoms with Gasteiger partial charge in [0, 0.05) is 12.2 Å². The minimum atomic E-state index is 0.857. The minimum absolute atomic E-state index is 0.857. The summed E-state index contributed by atoms with van der Waals surface area (Å²) in [6, 6.07) is 8.75. The zero-order valence-corrected chi connectivity index (χ0v) is 10.4. The number of hydrogen-bond donors (Lipinski definition) is 1. The van der Waals surface area contributed by atoms with Crippen molar-refractivity contribution in [2.45, 2.75) is 26.3 Å². The highest BCUT2D eigenvalue weighted by Crippen LogP contribution is 2.26. The fraction of sp³-hybridized carbons (Fsp3) is 0.250. The molecule has 0 saturated carbocycles. The number of rotatable bonds is 5. The lowest BCUT2D eigenvalue weighted by Gasteiger charge is -2.22. The molecule has 0 bridgehead atoms. The van der Waals surface area contributed by atoms with Gasteiger partial charge in [-0.25, -0.2) is 0 Å². The van der Waals surface area contributed by atoms with Gasteiger partial charge in [0.2, 0.25) is 0 Å². The van der Waals surface area contributed by atoms with Gasteiger partial charge in [-0.3, -0.25) is 0 Å². The molecule has 0 fully saturated rings. The normalized spacial score (nSPS) is 14.3. The molecule has 0 radical (unpaired) electrons. The van der Waals surface area contributed by atoms with Crippen LogP contribution in [0.5, 0.6) is 0 Å². The summed E-state index contributed by atoms with van der Waals surface area (Å²) in [6.45, 7) is 10.9. The predicted octanol–water partition coefficient (Wildman–Crippen LogP) is 3.74. The third kappa shape index (κ3) is 2.68. The standard InChI is InChI=1S/C16H19N/c1-4-6-14-7-5-8-15(10-14)11-17-16-9-12(2)13(16)3/h5,7-10,17H,2-4,6,11H2,1H3. The van der Waals surface area contributed by atoms with Crippen LogP contribution in [0.2, 0.25) is 0 Å². The van der Waals surface area contributed by atoms with E-state index < -0.39 is 0 Å². The maximum atomic E-state index is 3.95. The number of aryl methyl sites for hydroxylation is 1. The molecule has 1 heteroatoms. The minimum Gasteiger partial charge on any atom is -0.380 e. The third-order valence-corrected chi connectivity index (χ3v) is 3.04. The van der Waals surface area contributed by atoms with Crippen molar-refractivity contribution in [1.82, 2.24) is 5.32 Å². The van der Waals surface area contributed by atoms with Crippen molar-refractivity contribution in [3.05, 3.63) is 71.5 Å². The van der Waals surface area contributed by atoms with Gasteiger partial charge in [-0.1, -0.05) is 50.8 Å². The van der Waals surface area contributed by atoms with Crippen molar-refractivity contribution < 1.29 is 0 Å². The first-order chi connectivity index (χ1) is 8.20. The summed E-state index contributed by atoms with van der Waals surface area (Å²) in [5, 5.41) is 3.39. The van der Waals surface area contributed by atoms with Crippen molar-refractivity contribution in [1.29, 1.82) is 0 Å². The summed E-state index contributed by atoms with van der Waals surface area (Å²) >= 11 is 0. The summed E-state index contributed by atoms with van der Waals surface area (Å²) in [6.07, 6.45) is 4.39. The second-order valence-electron chi connectivity index (χ2n) is 4.49. The van der Waals surface area contributed by atoms with Crippen molar-refractivity contribution in [3.63, 3.8) is 0 Å². The van der Waals surface area contributed by atoms with Gasteiger partial charge in [-0.15, -0.1) is 0 Å². The summed E-state index contributed by atoms with van der Waals surface area (Å²) < 4.78 is 0. The van der Waals surface area contributed by atoms with Gasteiger partial charge in [-0.05, 0) is 34.8 Å². The lowest BCUT2D eigenvalue weighted by Crippen LogP contribution is -2.20. The smallest absolute Gasteiger partial charge is 0.0422 e. The molecule has 1 aromatic carbocycles. The third-order valence-electron chi connectivity index (χ3n) is 3.04. The Morgan fingerprint density at radius 1 is 1.18 bits per heavy atom. The quantitative estimate of drug-likeness (QED) is 0.805. The Kier molecular flexibility index (Phi) is 3.48. The summed E-state index contributed by atoms with van der Waals surface area (Å²) in [5.74, 6) is 0. The van der Waals surface area contributed by atoms with E-state index in [2.05, 4.69) is 49.7 Å². The van der Waals surface area contributed by atoms with Gasteiger partial charge < -0.3 is 5.32 Å². The van der Waals surface area contributed by atoms with E-state index in [0.717, 1.165) is 29.8 Å². The Bertz CT molecular complexity index is 480. The Labute approximate surface area is 104 Å². The molecular formula is C16H19N. The molecule has 1 nitrogen and oxygen atoms in total. The molecule has 17 heavy (non-hydrogen) atoms. The zero-order chi connectivity index (χ0) is 12.3. The molecule has 0 aromatic heterocycles. The van der Waals surface area contributed by atoms with E-state index in [0.29, 0.717) is 0 Å². The van der Waals surface area contributed by atoms with Crippen LogP contribution in [0.1, 0.15) is 24.5 Å². The first kappa shape index (κ1) is 11.7. The van der Waals surface area contributed by atoms with E-state index in [1.807, 2.05) is 6.08 Å². The fourth-order valence-electron chi connectivity index (χ4n) is 1.98. The zero-order valence-electron chi connectivity index (χ0n) is 10.4. The molecule has 2 rings (SSSR count). The van der Waals surface area contributed by atoms with E-state index in [4.69, 9.17) is 0 Å². The molecule has 88 valence electrons. The van der Waals surface area contributed by atoms with Gasteiger partial charge in [0.05, 0.1) is 0 Å². The first-order valence-corrected chi connectivity index (χ1v) is 6.12. The van der Waals surface area contributed by atoms with Crippen molar-refractivity contribution in [2.24, 2.45) is 0 Å². The van der Waals surface area contributed by atoms with Gasteiger partial charge in [0.15, 0.2) is 0 Å². The molecule has 0 saturated heterocycles. The van der Waals surface area contributed by atoms with Crippen LogP contribution in [0.25, 0.3) is 0 Å². The Morgan fingerprint density at radius 2 is 1.94 bits per heavy atom. The average Bonchev–Trinajstić information content (AvgIpc) is 2.35. The van der Waals surface area contributed by atoms with E-state index >= 15 is 0 Å². The monoisotopic (exact) mass is 225 g/mol. The van der Waals surface area contributed by atoms with Crippen LogP contribution < -0.4 is 5.32 Å². The van der Waals surface area contributed by atoms with Crippen molar-refractivity contribution in [3.8, 4) is 0 Å². The van der Waals surface area contributed by atoms with Gasteiger partial charge in [0.25, 0.3) is 0 Å². The molecule has 0 amide bonds. The van der Waals surface area contributed by atoms with Crippen LogP contribution in [0.15, 0.2) is 60.3 Å². The Hall–Kier alpha value is -1.76. The van der Waals surface area contributed by atoms with Gasteiger partial charge in [-0.2, -0.15) is 0 Å². The Morgan fingerprint density at radius 3 is 2.59 bits per heavy atom. The van der Waals surface area contributed by atoms with Crippen LogP contribution in [-0.2, 0) is 13.0 Å². The molecule has 0 unspecified atom stereocenters. The van der Waals surface area contributed by atoms with E-state index in [-0.39, 0.29) is 0 Å². The topological polar surface area (TPSA) is 12.0 Å². The van der Waals surface area contributed by atoms with Crippen LogP contribution in [-0.4, -0.2) is 0 Å². The molecular weight excluding hydrogens is 206 g/mol. The van der Waals surface area contributed by atoms with E-state index in [1.165, 1.54) is 17.5 Å². The SMILES string of the molecule is C=C1C=C(NCc2cccc(CCC)c2)C1=C. The molecule has 0 spiro atoms. The van der Waals surface area contributed by atoms with Crippen molar-refractivity contribution in [2.75, 3.05) is 0 Å². The molecule has 1 aliphatic carbocycles. The Balaban J connectivity index is 1.95. The summed E-state index contributed by atoms with van der Waals surface area (Å²) in [4.78, 5) is 0. The fourth-order valence-corrected chi connectivity index (χ4v) is 1.98. The summed E-state index contributed by atoms with van der Waals surface area (Å²) in [7, 11) is 0. The molecule has 1 aromatic rings. The average molecular weight is 225 g/mol. The molecule has 0 aliphatic heterocycles. The van der Waals surface area contributed by atoms with Crippen LogP contribution in [0.3, 0.4) is 0 Å². The lowest BCUT2D eigenvalue weighted by molar-refractivity contribution is 0.805. The largest absolute Gasteiger partial charge is 0.380 e. The second-order valence-corrected chi connectivity index (χ2v) is 4.49. The number of benzene rings is 1. The van der Waals surface area contributed by atoms with Crippen LogP contribution >= 0.6 is 0 Å². The highest BCUT2D eigenvalue weighted by Gasteiger charge is 2.14. The number of hydrogen-bond acceptors (Lipinski definition) is 1.